The van der Waals surface area contributed by atoms with E-state index in [-0.39, 0.29) is 18.4 Å². The van der Waals surface area contributed by atoms with Crippen molar-refractivity contribution < 1.29 is 9.59 Å². The highest BCUT2D eigenvalue weighted by Gasteiger charge is 2.12. The molecule has 0 bridgehead atoms. The van der Waals surface area contributed by atoms with Crippen molar-refractivity contribution in [2.75, 3.05) is 13.1 Å². The van der Waals surface area contributed by atoms with Crippen molar-refractivity contribution in [2.24, 2.45) is 0 Å². The van der Waals surface area contributed by atoms with Gasteiger partial charge in [-0.2, -0.15) is 0 Å². The lowest BCUT2D eigenvalue weighted by atomic mass is 10.1. The molecule has 19 heavy (non-hydrogen) atoms. The van der Waals surface area contributed by atoms with Gasteiger partial charge in [0.05, 0.1) is 12.1 Å². The summed E-state index contributed by atoms with van der Waals surface area (Å²) in [5, 5.41) is 6.18. The number of fused-ring (bicyclic) bond motifs is 1. The molecule has 1 aromatic carbocycles. The van der Waals surface area contributed by atoms with Crippen LogP contribution in [-0.2, 0) is 4.79 Å². The number of carbonyl (C=O) groups is 2. The first-order valence-electron chi connectivity index (χ1n) is 6.33. The van der Waals surface area contributed by atoms with Crippen LogP contribution in [0.15, 0.2) is 30.5 Å². The van der Waals surface area contributed by atoms with Gasteiger partial charge in [0.15, 0.2) is 0 Å². The van der Waals surface area contributed by atoms with Crippen LogP contribution >= 0.6 is 0 Å². The lowest BCUT2D eigenvalue weighted by Gasteiger charge is -2.05. The molecule has 5 nitrogen and oxygen atoms in total. The van der Waals surface area contributed by atoms with E-state index in [2.05, 4.69) is 15.6 Å². The lowest BCUT2D eigenvalue weighted by molar-refractivity contribution is -0.120. The number of carbonyl (C=O) groups excluding carboxylic acids is 2. The number of hydrogen-bond donors (Lipinski definition) is 3. The maximum absolute atomic E-state index is 12.0. The molecule has 0 unspecified atom stereocenters. The molecule has 0 spiro atoms. The van der Waals surface area contributed by atoms with Crippen molar-refractivity contribution in [1.29, 1.82) is 0 Å². The number of amides is 2. The van der Waals surface area contributed by atoms with Crippen LogP contribution < -0.4 is 10.6 Å². The van der Waals surface area contributed by atoms with Crippen LogP contribution in [0.25, 0.3) is 10.9 Å². The zero-order valence-electron chi connectivity index (χ0n) is 10.8. The molecule has 0 atom stereocenters. The topological polar surface area (TPSA) is 74.0 Å². The summed E-state index contributed by atoms with van der Waals surface area (Å²) in [5.41, 5.74) is 1.46. The number of para-hydroxylation sites is 1. The highest BCUT2D eigenvalue weighted by molar-refractivity contribution is 6.07. The average molecular weight is 259 g/mol. The smallest absolute Gasteiger partial charge is 0.253 e. The molecule has 1 heterocycles. The van der Waals surface area contributed by atoms with E-state index in [1.807, 2.05) is 31.2 Å². The van der Waals surface area contributed by atoms with Crippen LogP contribution in [0.1, 0.15) is 23.7 Å². The number of aromatic amines is 1. The van der Waals surface area contributed by atoms with E-state index < -0.39 is 0 Å². The van der Waals surface area contributed by atoms with Gasteiger partial charge in [0.2, 0.25) is 5.91 Å². The zero-order chi connectivity index (χ0) is 13.7. The minimum absolute atomic E-state index is 0.00165. The summed E-state index contributed by atoms with van der Waals surface area (Å²) in [4.78, 5) is 26.4. The van der Waals surface area contributed by atoms with E-state index in [1.165, 1.54) is 0 Å². The van der Waals surface area contributed by atoms with Crippen molar-refractivity contribution in [2.45, 2.75) is 13.3 Å². The molecular weight excluding hydrogens is 242 g/mol. The molecule has 0 saturated carbocycles. The monoisotopic (exact) mass is 259 g/mol. The van der Waals surface area contributed by atoms with Crippen LogP contribution in [0.5, 0.6) is 0 Å². The Balaban J connectivity index is 1.98. The molecule has 2 amide bonds. The first kappa shape index (κ1) is 13.1. The largest absolute Gasteiger partial charge is 0.360 e. The second-order valence-electron chi connectivity index (χ2n) is 4.28. The van der Waals surface area contributed by atoms with Gasteiger partial charge in [0, 0.05) is 23.6 Å². The van der Waals surface area contributed by atoms with Crippen molar-refractivity contribution in [3.63, 3.8) is 0 Å². The molecule has 5 heteroatoms. The average Bonchev–Trinajstić information content (AvgIpc) is 2.86. The maximum atomic E-state index is 12.0. The van der Waals surface area contributed by atoms with Crippen molar-refractivity contribution in [3.05, 3.63) is 36.0 Å². The standard InChI is InChI=1S/C14H17N3O2/c1-2-7-15-13(18)9-17-14(19)11-8-16-12-6-4-3-5-10(11)12/h3-6,8,16H,2,7,9H2,1H3,(H,15,18)(H,17,19). The Bertz CT molecular complexity index is 589. The van der Waals surface area contributed by atoms with Gasteiger partial charge >= 0.3 is 0 Å². The number of aromatic nitrogens is 1. The van der Waals surface area contributed by atoms with Gasteiger partial charge in [-0.3, -0.25) is 9.59 Å². The Hall–Kier alpha value is -2.30. The van der Waals surface area contributed by atoms with Crippen molar-refractivity contribution >= 4 is 22.7 Å². The molecule has 0 aliphatic heterocycles. The molecule has 0 fully saturated rings. The molecule has 100 valence electrons. The van der Waals surface area contributed by atoms with E-state index in [4.69, 9.17) is 0 Å². The van der Waals surface area contributed by atoms with Crippen LogP contribution in [-0.4, -0.2) is 29.9 Å². The van der Waals surface area contributed by atoms with Gasteiger partial charge in [0.25, 0.3) is 5.91 Å². The second kappa shape index (κ2) is 6.04. The minimum Gasteiger partial charge on any atom is -0.360 e. The third kappa shape index (κ3) is 3.13. The molecule has 0 radical (unpaired) electrons. The summed E-state index contributed by atoms with van der Waals surface area (Å²) in [5.74, 6) is -0.417. The van der Waals surface area contributed by atoms with Crippen LogP contribution in [0.2, 0.25) is 0 Å². The Kier molecular flexibility index (Phi) is 4.18. The fourth-order valence-corrected chi connectivity index (χ4v) is 1.84. The number of benzene rings is 1. The van der Waals surface area contributed by atoms with Crippen LogP contribution in [0, 0.1) is 0 Å². The fraction of sp³-hybridized carbons (Fsp3) is 0.286. The number of H-pyrrole nitrogens is 1. The molecular formula is C14H17N3O2. The summed E-state index contributed by atoms with van der Waals surface area (Å²) >= 11 is 0. The van der Waals surface area contributed by atoms with E-state index >= 15 is 0 Å². The highest BCUT2D eigenvalue weighted by Crippen LogP contribution is 2.17. The molecule has 0 aliphatic carbocycles. The van der Waals surface area contributed by atoms with E-state index in [9.17, 15) is 9.59 Å². The number of hydrogen-bond acceptors (Lipinski definition) is 2. The number of nitrogens with one attached hydrogen (secondary N) is 3. The van der Waals surface area contributed by atoms with Gasteiger partial charge in [-0.1, -0.05) is 25.1 Å². The Morgan fingerprint density at radius 1 is 1.21 bits per heavy atom. The first-order chi connectivity index (χ1) is 9.22. The summed E-state index contributed by atoms with van der Waals surface area (Å²) in [6.07, 6.45) is 2.53. The number of rotatable bonds is 5. The molecule has 2 aromatic rings. The predicted octanol–water partition coefficient (Wildman–Crippen LogP) is 1.42. The van der Waals surface area contributed by atoms with Gasteiger partial charge < -0.3 is 15.6 Å². The lowest BCUT2D eigenvalue weighted by Crippen LogP contribution is -2.37. The molecule has 2 rings (SSSR count). The molecule has 1 aromatic heterocycles. The molecule has 0 saturated heterocycles. The summed E-state index contributed by atoms with van der Waals surface area (Å²) in [7, 11) is 0. The predicted molar refractivity (Wildman–Crippen MR) is 73.9 cm³/mol. The summed E-state index contributed by atoms with van der Waals surface area (Å²) in [6.45, 7) is 2.60. The van der Waals surface area contributed by atoms with E-state index in [1.54, 1.807) is 6.20 Å². The first-order valence-corrected chi connectivity index (χ1v) is 6.33. The minimum atomic E-state index is -0.246. The van der Waals surface area contributed by atoms with Gasteiger partial charge in [0.1, 0.15) is 0 Å². The summed E-state index contributed by atoms with van der Waals surface area (Å²) in [6, 6.07) is 7.55. The Labute approximate surface area is 111 Å². The van der Waals surface area contributed by atoms with Crippen molar-refractivity contribution in [3.8, 4) is 0 Å². The Morgan fingerprint density at radius 3 is 2.79 bits per heavy atom. The van der Waals surface area contributed by atoms with Gasteiger partial charge in [-0.25, -0.2) is 0 Å². The fourth-order valence-electron chi connectivity index (χ4n) is 1.84. The Morgan fingerprint density at radius 2 is 2.00 bits per heavy atom. The maximum Gasteiger partial charge on any atom is 0.253 e. The third-order valence-corrected chi connectivity index (χ3v) is 2.82. The van der Waals surface area contributed by atoms with E-state index in [0.29, 0.717) is 12.1 Å². The van der Waals surface area contributed by atoms with Gasteiger partial charge in [-0.15, -0.1) is 0 Å². The third-order valence-electron chi connectivity index (χ3n) is 2.82. The highest BCUT2D eigenvalue weighted by atomic mass is 16.2. The van der Waals surface area contributed by atoms with Gasteiger partial charge in [-0.05, 0) is 12.5 Å². The SMILES string of the molecule is CCCNC(=O)CNC(=O)c1c[nH]c2ccccc12. The zero-order valence-corrected chi connectivity index (χ0v) is 10.8. The van der Waals surface area contributed by atoms with Crippen molar-refractivity contribution in [1.82, 2.24) is 15.6 Å². The molecule has 0 aliphatic rings. The molecule has 3 N–H and O–H groups in total. The quantitative estimate of drug-likeness (QED) is 0.759. The second-order valence-corrected chi connectivity index (χ2v) is 4.28. The van der Waals surface area contributed by atoms with E-state index in [0.717, 1.165) is 17.3 Å². The summed E-state index contributed by atoms with van der Waals surface area (Å²) < 4.78 is 0. The van der Waals surface area contributed by atoms with Crippen LogP contribution in [0.4, 0.5) is 0 Å². The van der Waals surface area contributed by atoms with Crippen LogP contribution in [0.3, 0.4) is 0 Å². The normalized spacial score (nSPS) is 10.4.